The van der Waals surface area contributed by atoms with Crippen molar-refractivity contribution in [3.05, 3.63) is 57.3 Å². The molecule has 0 spiro atoms. The van der Waals surface area contributed by atoms with Crippen molar-refractivity contribution in [3.8, 4) is 0 Å². The van der Waals surface area contributed by atoms with Gasteiger partial charge in [0, 0.05) is 5.54 Å². The molecule has 3 nitrogen and oxygen atoms in total. The maximum atomic E-state index is 9.51. The molecule has 2 aliphatic rings. The molecular formula is C22H29NO2S. The first-order valence-corrected chi connectivity index (χ1v) is 10.7. The van der Waals surface area contributed by atoms with Gasteiger partial charge >= 0.3 is 0 Å². The van der Waals surface area contributed by atoms with Crippen molar-refractivity contribution in [2.45, 2.75) is 56.6 Å². The molecule has 1 aromatic heterocycles. The molecule has 0 aliphatic heterocycles. The first-order valence-electron chi connectivity index (χ1n) is 9.75. The molecule has 1 saturated carbocycles. The van der Waals surface area contributed by atoms with Crippen LogP contribution in [0.5, 0.6) is 0 Å². The fraction of sp³-hybridized carbons (Fsp3) is 0.545. The lowest BCUT2D eigenvalue weighted by Gasteiger charge is -2.26. The highest BCUT2D eigenvalue weighted by molar-refractivity contribution is 7.07. The van der Waals surface area contributed by atoms with E-state index in [-0.39, 0.29) is 12.1 Å². The number of nitrogens with two attached hydrogens (primary N) is 1. The number of rotatable bonds is 6. The number of aliphatic hydroxyl groups excluding tert-OH is 1. The zero-order chi connectivity index (χ0) is 18.0. The van der Waals surface area contributed by atoms with Crippen LogP contribution in [0.1, 0.15) is 53.9 Å². The number of ether oxygens (including phenoxy) is 1. The van der Waals surface area contributed by atoms with Crippen molar-refractivity contribution >= 4 is 11.3 Å². The molecule has 1 aromatic carbocycles. The third kappa shape index (κ3) is 4.04. The number of thiophene rings is 1. The highest BCUT2D eigenvalue weighted by Gasteiger charge is 2.36. The molecule has 1 unspecified atom stereocenters. The van der Waals surface area contributed by atoms with Crippen LogP contribution in [-0.2, 0) is 24.2 Å². The lowest BCUT2D eigenvalue weighted by Crippen LogP contribution is -2.40. The van der Waals surface area contributed by atoms with E-state index in [1.807, 2.05) is 0 Å². The van der Waals surface area contributed by atoms with Crippen LogP contribution >= 0.6 is 11.3 Å². The normalized spacial score (nSPS) is 28.2. The van der Waals surface area contributed by atoms with Gasteiger partial charge in [0.1, 0.15) is 0 Å². The van der Waals surface area contributed by atoms with Crippen LogP contribution in [0, 0.1) is 5.92 Å². The van der Waals surface area contributed by atoms with Crippen molar-refractivity contribution in [1.29, 1.82) is 0 Å². The maximum absolute atomic E-state index is 9.51. The Labute approximate surface area is 160 Å². The van der Waals surface area contributed by atoms with Crippen LogP contribution < -0.4 is 5.73 Å². The average molecular weight is 372 g/mol. The van der Waals surface area contributed by atoms with Gasteiger partial charge in [0.2, 0.25) is 0 Å². The van der Waals surface area contributed by atoms with Crippen molar-refractivity contribution in [2.75, 3.05) is 13.2 Å². The minimum Gasteiger partial charge on any atom is -0.394 e. The Morgan fingerprint density at radius 3 is 2.92 bits per heavy atom. The summed E-state index contributed by atoms with van der Waals surface area (Å²) in [6.07, 6.45) is 6.41. The lowest BCUT2D eigenvalue weighted by molar-refractivity contribution is 0.0825. The molecule has 0 radical (unpaired) electrons. The summed E-state index contributed by atoms with van der Waals surface area (Å²) >= 11 is 1.73. The molecular weight excluding hydrogens is 342 g/mol. The number of benzene rings is 1. The van der Waals surface area contributed by atoms with Crippen molar-refractivity contribution in [1.82, 2.24) is 0 Å². The first kappa shape index (κ1) is 18.2. The van der Waals surface area contributed by atoms with E-state index in [2.05, 4.69) is 35.0 Å². The number of hydrogen-bond donors (Lipinski definition) is 2. The van der Waals surface area contributed by atoms with Crippen LogP contribution in [0.15, 0.2) is 35.0 Å². The largest absolute Gasteiger partial charge is 0.394 e. The molecule has 26 heavy (non-hydrogen) atoms. The van der Waals surface area contributed by atoms with Crippen molar-refractivity contribution < 1.29 is 9.84 Å². The van der Waals surface area contributed by atoms with E-state index in [4.69, 9.17) is 10.5 Å². The van der Waals surface area contributed by atoms with Crippen LogP contribution in [0.2, 0.25) is 0 Å². The molecule has 3 N–H and O–H groups in total. The zero-order valence-electron chi connectivity index (χ0n) is 15.3. The van der Waals surface area contributed by atoms with E-state index in [0.717, 1.165) is 45.3 Å². The Hall–Kier alpha value is -1.20. The Balaban J connectivity index is 1.34. The minimum absolute atomic E-state index is 0.0987. The quantitative estimate of drug-likeness (QED) is 0.806. The molecule has 0 saturated heterocycles. The highest BCUT2D eigenvalue weighted by atomic mass is 32.1. The fourth-order valence-corrected chi connectivity index (χ4v) is 5.20. The van der Waals surface area contributed by atoms with Crippen LogP contribution in [0.3, 0.4) is 0 Å². The predicted molar refractivity (Wildman–Crippen MR) is 107 cm³/mol. The summed E-state index contributed by atoms with van der Waals surface area (Å²) in [5.41, 5.74) is 11.6. The Kier molecular flexibility index (Phi) is 5.46. The molecule has 1 fully saturated rings. The van der Waals surface area contributed by atoms with Gasteiger partial charge in [-0.25, -0.2) is 0 Å². The standard InChI is InChI=1S/C22H29NO2S/c23-22(15-24)7-5-21(11-22)20-4-3-18-9-16(1-2-19(18)10-20)12-25-13-17-6-8-26-14-17/h3-4,6,8,10,14,16,21,24H,1-2,5,7,9,11-13,15,23H2/t16?,21-,22+/m0/s1. The van der Waals surface area contributed by atoms with Crippen molar-refractivity contribution in [2.24, 2.45) is 11.7 Å². The van der Waals surface area contributed by atoms with E-state index in [0.29, 0.717) is 11.8 Å². The predicted octanol–water partition coefficient (Wildman–Crippen LogP) is 4.03. The summed E-state index contributed by atoms with van der Waals surface area (Å²) in [4.78, 5) is 0. The van der Waals surface area contributed by atoms with Gasteiger partial charge in [-0.1, -0.05) is 18.2 Å². The molecule has 140 valence electrons. The molecule has 2 aromatic rings. The van der Waals surface area contributed by atoms with E-state index in [1.165, 1.54) is 28.7 Å². The molecule has 2 aliphatic carbocycles. The first-order chi connectivity index (χ1) is 12.6. The summed E-state index contributed by atoms with van der Waals surface area (Å²) in [6.45, 7) is 1.69. The Morgan fingerprint density at radius 2 is 2.15 bits per heavy atom. The third-order valence-corrected chi connectivity index (χ3v) is 6.93. The molecule has 1 heterocycles. The van der Waals surface area contributed by atoms with Crippen molar-refractivity contribution in [3.63, 3.8) is 0 Å². The number of hydrogen-bond acceptors (Lipinski definition) is 4. The lowest BCUT2D eigenvalue weighted by atomic mass is 9.82. The monoisotopic (exact) mass is 371 g/mol. The van der Waals surface area contributed by atoms with Gasteiger partial charge in [-0.3, -0.25) is 0 Å². The minimum atomic E-state index is -0.370. The van der Waals surface area contributed by atoms with Gasteiger partial charge < -0.3 is 15.6 Å². The summed E-state index contributed by atoms with van der Waals surface area (Å²) in [5, 5.41) is 13.8. The van der Waals surface area contributed by atoms with Gasteiger partial charge in [0.05, 0.1) is 19.8 Å². The van der Waals surface area contributed by atoms with Gasteiger partial charge in [-0.2, -0.15) is 11.3 Å². The van der Waals surface area contributed by atoms with Crippen LogP contribution in [0.25, 0.3) is 0 Å². The SMILES string of the molecule is N[C@]1(CO)CC[C@H](c2ccc3c(c2)CCC(COCc2ccsc2)C3)C1. The third-order valence-electron chi connectivity index (χ3n) is 6.19. The smallest absolute Gasteiger partial charge is 0.0725 e. The van der Waals surface area contributed by atoms with Gasteiger partial charge in [0.25, 0.3) is 0 Å². The van der Waals surface area contributed by atoms with E-state index < -0.39 is 0 Å². The number of aliphatic hydroxyl groups is 1. The van der Waals surface area contributed by atoms with E-state index >= 15 is 0 Å². The summed E-state index contributed by atoms with van der Waals surface area (Å²) in [5.74, 6) is 1.13. The molecule has 0 amide bonds. The average Bonchev–Trinajstić information content (AvgIpc) is 3.32. The molecule has 4 rings (SSSR count). The number of fused-ring (bicyclic) bond motifs is 1. The second-order valence-corrected chi connectivity index (χ2v) is 9.02. The van der Waals surface area contributed by atoms with Gasteiger partial charge in [-0.05, 0) is 89.4 Å². The maximum Gasteiger partial charge on any atom is 0.0725 e. The highest BCUT2D eigenvalue weighted by Crippen LogP contribution is 2.40. The second kappa shape index (κ2) is 7.81. The van der Waals surface area contributed by atoms with E-state index in [1.54, 1.807) is 11.3 Å². The number of aryl methyl sites for hydroxylation is 1. The molecule has 3 atom stereocenters. The summed E-state index contributed by atoms with van der Waals surface area (Å²) < 4.78 is 5.94. The Bertz CT molecular complexity index is 730. The summed E-state index contributed by atoms with van der Waals surface area (Å²) in [7, 11) is 0. The Morgan fingerprint density at radius 1 is 1.23 bits per heavy atom. The van der Waals surface area contributed by atoms with Crippen LogP contribution in [-0.4, -0.2) is 23.9 Å². The van der Waals surface area contributed by atoms with Gasteiger partial charge in [-0.15, -0.1) is 0 Å². The summed E-state index contributed by atoms with van der Waals surface area (Å²) in [6, 6.07) is 9.16. The molecule has 4 heteroatoms. The van der Waals surface area contributed by atoms with Crippen LogP contribution in [0.4, 0.5) is 0 Å². The zero-order valence-corrected chi connectivity index (χ0v) is 16.1. The molecule has 0 bridgehead atoms. The van der Waals surface area contributed by atoms with Gasteiger partial charge in [0.15, 0.2) is 0 Å². The van der Waals surface area contributed by atoms with E-state index in [9.17, 15) is 5.11 Å². The topological polar surface area (TPSA) is 55.5 Å². The fourth-order valence-electron chi connectivity index (χ4n) is 4.55. The second-order valence-electron chi connectivity index (χ2n) is 8.24.